The summed E-state index contributed by atoms with van der Waals surface area (Å²) < 4.78 is 63.5. The Bertz CT molecular complexity index is 1260. The molecule has 11 atom stereocenters. The molecule has 0 aromatic heterocycles. The molecule has 1 amide bonds. The second kappa shape index (κ2) is 17.2. The largest absolute Gasteiger partial charge is 0.465 e. The molecule has 4 aliphatic heterocycles. The van der Waals surface area contributed by atoms with Gasteiger partial charge in [-0.25, -0.2) is 4.79 Å². The molecule has 4 rings (SSSR count). The standard InChI is InChI=1S/C32H50N2O17/c1-16(35)33-23-20(34-9-11-43-12-10-34)13-32(30(40)42-8,45-15-22-26-28(50-31(5,6)49-26)24(39)29(41-7)48-22)51-27(23)25(47-19(4)38)21(46-18(3)37)14-44-17(2)36/h20-29,39H,9-15H2,1-8H3,(H,33,35)/t20-,21+,22+,23+,24+,25+,26-,27+,28+,29-,32-/m0/s1. The van der Waals surface area contributed by atoms with Gasteiger partial charge < -0.3 is 62.5 Å². The number of hydrogen-bond donors (Lipinski definition) is 2. The van der Waals surface area contributed by atoms with Gasteiger partial charge in [-0.1, -0.05) is 0 Å². The molecule has 19 heteroatoms. The van der Waals surface area contributed by atoms with E-state index in [1.165, 1.54) is 14.0 Å². The molecule has 4 fully saturated rings. The van der Waals surface area contributed by atoms with Crippen molar-refractivity contribution >= 4 is 29.8 Å². The van der Waals surface area contributed by atoms with E-state index in [2.05, 4.69) is 5.32 Å². The molecule has 4 saturated heterocycles. The third kappa shape index (κ3) is 9.91. The summed E-state index contributed by atoms with van der Waals surface area (Å²) in [7, 11) is 2.47. The molecule has 51 heavy (non-hydrogen) atoms. The highest BCUT2D eigenvalue weighted by Gasteiger charge is 2.61. The van der Waals surface area contributed by atoms with Gasteiger partial charge in [0.1, 0.15) is 37.1 Å². The van der Waals surface area contributed by atoms with Crippen molar-refractivity contribution in [2.24, 2.45) is 0 Å². The normalized spacial score (nSPS) is 34.7. The molecule has 0 saturated carbocycles. The van der Waals surface area contributed by atoms with Gasteiger partial charge in [0.2, 0.25) is 5.91 Å². The molecular weight excluding hydrogens is 684 g/mol. The van der Waals surface area contributed by atoms with Crippen LogP contribution < -0.4 is 5.32 Å². The molecule has 0 unspecified atom stereocenters. The van der Waals surface area contributed by atoms with Gasteiger partial charge in [0, 0.05) is 60.4 Å². The van der Waals surface area contributed by atoms with Crippen LogP contribution in [0.1, 0.15) is 48.0 Å². The molecular formula is C32H50N2O17. The van der Waals surface area contributed by atoms with Crippen LogP contribution in [0, 0.1) is 0 Å². The third-order valence-electron chi connectivity index (χ3n) is 8.88. The predicted molar refractivity (Wildman–Crippen MR) is 167 cm³/mol. The number of carbonyl (C=O) groups is 5. The lowest BCUT2D eigenvalue weighted by atomic mass is 9.85. The van der Waals surface area contributed by atoms with E-state index in [-0.39, 0.29) is 6.42 Å². The Morgan fingerprint density at radius 3 is 2.14 bits per heavy atom. The summed E-state index contributed by atoms with van der Waals surface area (Å²) in [6.45, 7) is 8.38. The average molecular weight is 735 g/mol. The number of nitrogens with one attached hydrogen (secondary N) is 1. The molecule has 0 aromatic carbocycles. The number of fused-ring (bicyclic) bond motifs is 1. The molecule has 2 N–H and O–H groups in total. The maximum absolute atomic E-state index is 13.9. The van der Waals surface area contributed by atoms with Gasteiger partial charge in [-0.3, -0.25) is 24.1 Å². The third-order valence-corrected chi connectivity index (χ3v) is 8.88. The zero-order chi connectivity index (χ0) is 37.7. The smallest absolute Gasteiger partial charge is 0.366 e. The van der Waals surface area contributed by atoms with Crippen LogP contribution in [0.2, 0.25) is 0 Å². The summed E-state index contributed by atoms with van der Waals surface area (Å²) >= 11 is 0. The lowest BCUT2D eigenvalue weighted by Gasteiger charge is -2.52. The molecule has 0 bridgehead atoms. The van der Waals surface area contributed by atoms with E-state index in [9.17, 15) is 29.1 Å². The molecule has 290 valence electrons. The summed E-state index contributed by atoms with van der Waals surface area (Å²) in [4.78, 5) is 65.5. The lowest BCUT2D eigenvalue weighted by Crippen LogP contribution is -2.72. The quantitative estimate of drug-likeness (QED) is 0.163. The Kier molecular flexibility index (Phi) is 13.8. The van der Waals surface area contributed by atoms with Gasteiger partial charge in [0.05, 0.1) is 33.0 Å². The Balaban J connectivity index is 1.81. The number of aliphatic hydroxyl groups excluding tert-OH is 1. The first-order chi connectivity index (χ1) is 24.0. The van der Waals surface area contributed by atoms with Crippen molar-refractivity contribution in [3.8, 4) is 0 Å². The Hall–Kier alpha value is -3.01. The van der Waals surface area contributed by atoms with Crippen molar-refractivity contribution in [3.63, 3.8) is 0 Å². The number of ether oxygens (including phenoxy) is 11. The van der Waals surface area contributed by atoms with Crippen LogP contribution in [-0.4, -0.2) is 166 Å². The second-order valence-corrected chi connectivity index (χ2v) is 13.1. The van der Waals surface area contributed by atoms with Crippen LogP contribution in [0.25, 0.3) is 0 Å². The molecule has 4 heterocycles. The summed E-state index contributed by atoms with van der Waals surface area (Å²) in [5.41, 5.74) is 0. The van der Waals surface area contributed by atoms with Crippen LogP contribution in [0.15, 0.2) is 0 Å². The highest BCUT2D eigenvalue weighted by Crippen LogP contribution is 2.41. The Morgan fingerprint density at radius 1 is 0.922 bits per heavy atom. The van der Waals surface area contributed by atoms with E-state index >= 15 is 0 Å². The number of rotatable bonds is 13. The van der Waals surface area contributed by atoms with Crippen molar-refractivity contribution in [2.45, 2.75) is 121 Å². The van der Waals surface area contributed by atoms with E-state index in [1.807, 2.05) is 4.90 Å². The van der Waals surface area contributed by atoms with Crippen LogP contribution in [0.5, 0.6) is 0 Å². The number of esters is 4. The number of methoxy groups -OCH3 is 2. The summed E-state index contributed by atoms with van der Waals surface area (Å²) in [6, 6.07) is -1.80. The van der Waals surface area contributed by atoms with Crippen molar-refractivity contribution in [3.05, 3.63) is 0 Å². The molecule has 19 nitrogen and oxygen atoms in total. The van der Waals surface area contributed by atoms with Gasteiger partial charge in [-0.15, -0.1) is 0 Å². The average Bonchev–Trinajstić information content (AvgIpc) is 3.41. The van der Waals surface area contributed by atoms with Crippen molar-refractivity contribution in [2.75, 3.05) is 53.7 Å². The van der Waals surface area contributed by atoms with Gasteiger partial charge in [0.15, 0.2) is 24.3 Å². The number of hydrogen-bond acceptors (Lipinski definition) is 18. The first-order valence-electron chi connectivity index (χ1n) is 16.7. The zero-order valence-corrected chi connectivity index (χ0v) is 30.1. The zero-order valence-electron chi connectivity index (χ0n) is 30.1. The van der Waals surface area contributed by atoms with Gasteiger partial charge >= 0.3 is 23.9 Å². The summed E-state index contributed by atoms with van der Waals surface area (Å²) in [6.07, 6.45) is -9.85. The summed E-state index contributed by atoms with van der Waals surface area (Å²) in [5, 5.41) is 13.7. The SMILES string of the molecule is COC(=O)[C@]1(OC[C@H]2O[C@H](OC)[C@H](O)[C@H]3OC(C)(C)O[C@H]32)C[C@H](N2CCOCC2)[C@@H](NC(C)=O)[C@H]([C@H](OC(C)=O)[C@@H](COC(C)=O)OC(C)=O)O1. The molecule has 0 radical (unpaired) electrons. The highest BCUT2D eigenvalue weighted by molar-refractivity contribution is 5.78. The van der Waals surface area contributed by atoms with Gasteiger partial charge in [-0.2, -0.15) is 0 Å². The first-order valence-corrected chi connectivity index (χ1v) is 16.7. The van der Waals surface area contributed by atoms with Crippen molar-refractivity contribution in [1.82, 2.24) is 10.2 Å². The van der Waals surface area contributed by atoms with Crippen LogP contribution >= 0.6 is 0 Å². The van der Waals surface area contributed by atoms with E-state index < -0.39 is 116 Å². The lowest BCUT2D eigenvalue weighted by molar-refractivity contribution is -0.329. The van der Waals surface area contributed by atoms with Crippen LogP contribution in [0.4, 0.5) is 0 Å². The first kappa shape index (κ1) is 40.8. The minimum absolute atomic E-state index is 0.226. The Morgan fingerprint density at radius 2 is 1.57 bits per heavy atom. The van der Waals surface area contributed by atoms with Crippen LogP contribution in [0.3, 0.4) is 0 Å². The predicted octanol–water partition coefficient (Wildman–Crippen LogP) is -1.45. The number of nitrogens with zero attached hydrogens (tertiary/aromatic N) is 1. The number of carbonyl (C=O) groups excluding carboxylic acids is 5. The summed E-state index contributed by atoms with van der Waals surface area (Å²) in [5.74, 6) is -7.23. The maximum atomic E-state index is 13.9. The topological polar surface area (TPSA) is 222 Å². The Labute approximate surface area is 295 Å². The minimum Gasteiger partial charge on any atom is -0.465 e. The monoisotopic (exact) mass is 734 g/mol. The number of aliphatic hydroxyl groups is 1. The number of amides is 1. The molecule has 4 aliphatic rings. The van der Waals surface area contributed by atoms with E-state index in [0.29, 0.717) is 26.3 Å². The van der Waals surface area contributed by atoms with E-state index in [0.717, 1.165) is 27.9 Å². The fraction of sp³-hybridized carbons (Fsp3) is 0.844. The van der Waals surface area contributed by atoms with Crippen molar-refractivity contribution < 1.29 is 81.2 Å². The second-order valence-electron chi connectivity index (χ2n) is 13.1. The maximum Gasteiger partial charge on any atom is 0.366 e. The molecule has 0 spiro atoms. The van der Waals surface area contributed by atoms with Gasteiger partial charge in [-0.05, 0) is 13.8 Å². The fourth-order valence-electron chi connectivity index (χ4n) is 6.91. The fourth-order valence-corrected chi connectivity index (χ4v) is 6.91. The molecule has 0 aliphatic carbocycles. The minimum atomic E-state index is -2.27. The number of morpholine rings is 1. The van der Waals surface area contributed by atoms with E-state index in [4.69, 9.17) is 52.1 Å². The van der Waals surface area contributed by atoms with Crippen LogP contribution in [-0.2, 0) is 76.1 Å². The van der Waals surface area contributed by atoms with Gasteiger partial charge in [0.25, 0.3) is 5.79 Å². The highest BCUT2D eigenvalue weighted by atomic mass is 16.8. The molecule has 0 aromatic rings. The van der Waals surface area contributed by atoms with E-state index in [1.54, 1.807) is 13.8 Å². The van der Waals surface area contributed by atoms with Crippen molar-refractivity contribution in [1.29, 1.82) is 0 Å².